The van der Waals surface area contributed by atoms with Gasteiger partial charge in [-0.15, -0.1) is 11.3 Å². The number of fused-ring (bicyclic) bond motifs is 1. The van der Waals surface area contributed by atoms with Crippen molar-refractivity contribution in [3.05, 3.63) is 11.1 Å². The minimum absolute atomic E-state index is 0.170. The van der Waals surface area contributed by atoms with Crippen molar-refractivity contribution in [3.63, 3.8) is 0 Å². The second-order valence-corrected chi connectivity index (χ2v) is 8.75. The van der Waals surface area contributed by atoms with Gasteiger partial charge in [0.1, 0.15) is 0 Å². The van der Waals surface area contributed by atoms with Gasteiger partial charge in [-0.3, -0.25) is 0 Å². The summed E-state index contributed by atoms with van der Waals surface area (Å²) >= 11 is 1.89. The van der Waals surface area contributed by atoms with E-state index in [1.165, 1.54) is 55.1 Å². The molecule has 2 aliphatic rings. The van der Waals surface area contributed by atoms with Gasteiger partial charge in [0.15, 0.2) is 5.13 Å². The molecule has 21 heavy (non-hydrogen) atoms. The van der Waals surface area contributed by atoms with Crippen molar-refractivity contribution in [2.24, 2.45) is 5.92 Å². The molecule has 2 fully saturated rings. The lowest BCUT2D eigenvalue weighted by Gasteiger charge is -2.44. The Balaban J connectivity index is 1.67. The maximum Gasteiger partial charge on any atom is 0.185 e. The van der Waals surface area contributed by atoms with E-state index >= 15 is 0 Å². The highest BCUT2D eigenvalue weighted by atomic mass is 32.1. The number of nitrogens with zero attached hydrogens (tertiary/aromatic N) is 2. The van der Waals surface area contributed by atoms with Gasteiger partial charge in [-0.25, -0.2) is 4.98 Å². The van der Waals surface area contributed by atoms with E-state index in [0.717, 1.165) is 18.5 Å². The highest BCUT2D eigenvalue weighted by Crippen LogP contribution is 2.38. The molecular weight excluding hydrogens is 278 g/mol. The topological polar surface area (TPSA) is 28.2 Å². The van der Waals surface area contributed by atoms with Crippen molar-refractivity contribution in [2.45, 2.75) is 77.4 Å². The summed E-state index contributed by atoms with van der Waals surface area (Å²) in [5, 5.41) is 4.82. The zero-order valence-electron chi connectivity index (χ0n) is 13.7. The molecule has 1 aliphatic carbocycles. The van der Waals surface area contributed by atoms with Gasteiger partial charge in [0.2, 0.25) is 0 Å². The van der Waals surface area contributed by atoms with Crippen LogP contribution in [0.15, 0.2) is 6.20 Å². The summed E-state index contributed by atoms with van der Waals surface area (Å²) < 4.78 is 0. The molecular formula is C17H29N3S. The number of piperidine rings is 1. The highest BCUT2D eigenvalue weighted by molar-refractivity contribution is 7.15. The molecule has 3 rings (SSSR count). The number of aromatic nitrogens is 1. The van der Waals surface area contributed by atoms with E-state index in [9.17, 15) is 0 Å². The summed E-state index contributed by atoms with van der Waals surface area (Å²) in [6.07, 6.45) is 10.5. The standard InChI is InChI=1S/C17H29N3S/c1-17(2,3)19-12-14-11-18-16(21-14)20-10-6-8-13-7-4-5-9-15(13)20/h11,13,15,19H,4-10,12H2,1-3H3/t13-,15-/m1/s1. The van der Waals surface area contributed by atoms with Crippen LogP contribution in [0.2, 0.25) is 0 Å². The number of thiazole rings is 1. The summed E-state index contributed by atoms with van der Waals surface area (Å²) in [5.41, 5.74) is 0.170. The first-order chi connectivity index (χ1) is 10.0. The van der Waals surface area contributed by atoms with E-state index in [2.05, 4.69) is 37.2 Å². The second-order valence-electron chi connectivity index (χ2n) is 7.66. The highest BCUT2D eigenvalue weighted by Gasteiger charge is 2.34. The number of rotatable bonds is 3. The molecule has 2 heterocycles. The average Bonchev–Trinajstić information content (AvgIpc) is 2.92. The number of nitrogens with one attached hydrogen (secondary N) is 1. The van der Waals surface area contributed by atoms with Gasteiger partial charge in [-0.2, -0.15) is 0 Å². The van der Waals surface area contributed by atoms with Crippen molar-refractivity contribution in [1.29, 1.82) is 0 Å². The Morgan fingerprint density at radius 2 is 2.00 bits per heavy atom. The van der Waals surface area contributed by atoms with Crippen LogP contribution in [0.1, 0.15) is 64.2 Å². The van der Waals surface area contributed by atoms with Gasteiger partial charge < -0.3 is 10.2 Å². The zero-order chi connectivity index (χ0) is 14.9. The molecule has 0 aromatic carbocycles. The number of anilines is 1. The van der Waals surface area contributed by atoms with Crippen LogP contribution < -0.4 is 10.2 Å². The van der Waals surface area contributed by atoms with Crippen LogP contribution in [0.5, 0.6) is 0 Å². The van der Waals surface area contributed by atoms with Crippen LogP contribution in [-0.2, 0) is 6.54 Å². The van der Waals surface area contributed by atoms with Gasteiger partial charge in [0.05, 0.1) is 0 Å². The van der Waals surface area contributed by atoms with Gasteiger partial charge in [0, 0.05) is 35.7 Å². The summed E-state index contributed by atoms with van der Waals surface area (Å²) in [5.74, 6) is 0.924. The first kappa shape index (κ1) is 15.3. The Morgan fingerprint density at radius 1 is 1.24 bits per heavy atom. The molecule has 4 heteroatoms. The Hall–Kier alpha value is -0.610. The van der Waals surface area contributed by atoms with E-state index in [0.29, 0.717) is 0 Å². The predicted molar refractivity (Wildman–Crippen MR) is 91.0 cm³/mol. The molecule has 0 bridgehead atoms. The lowest BCUT2D eigenvalue weighted by atomic mass is 9.78. The first-order valence-electron chi connectivity index (χ1n) is 8.49. The number of hydrogen-bond acceptors (Lipinski definition) is 4. The number of hydrogen-bond donors (Lipinski definition) is 1. The first-order valence-corrected chi connectivity index (χ1v) is 9.31. The molecule has 0 radical (unpaired) electrons. The Kier molecular flexibility index (Phi) is 4.55. The fraction of sp³-hybridized carbons (Fsp3) is 0.824. The second kappa shape index (κ2) is 6.25. The van der Waals surface area contributed by atoms with Crippen LogP contribution in [0.4, 0.5) is 5.13 Å². The van der Waals surface area contributed by atoms with Crippen LogP contribution in [0.25, 0.3) is 0 Å². The molecule has 1 saturated heterocycles. The van der Waals surface area contributed by atoms with Gasteiger partial charge >= 0.3 is 0 Å². The lowest BCUT2D eigenvalue weighted by molar-refractivity contribution is 0.243. The third-order valence-corrected chi connectivity index (χ3v) is 5.86. The fourth-order valence-corrected chi connectivity index (χ4v) is 4.66. The van der Waals surface area contributed by atoms with Crippen molar-refractivity contribution >= 4 is 16.5 Å². The lowest BCUT2D eigenvalue weighted by Crippen LogP contribution is -2.46. The van der Waals surface area contributed by atoms with Crippen LogP contribution in [-0.4, -0.2) is 23.1 Å². The summed E-state index contributed by atoms with van der Waals surface area (Å²) in [7, 11) is 0. The van der Waals surface area contributed by atoms with E-state index in [1.54, 1.807) is 0 Å². The largest absolute Gasteiger partial charge is 0.345 e. The molecule has 1 aromatic heterocycles. The zero-order valence-corrected chi connectivity index (χ0v) is 14.5. The minimum atomic E-state index is 0.170. The van der Waals surface area contributed by atoms with Gasteiger partial charge in [-0.1, -0.05) is 12.8 Å². The van der Waals surface area contributed by atoms with Crippen LogP contribution in [0.3, 0.4) is 0 Å². The smallest absolute Gasteiger partial charge is 0.185 e. The van der Waals surface area contributed by atoms with Gasteiger partial charge in [-0.05, 0) is 52.4 Å². The van der Waals surface area contributed by atoms with E-state index in [4.69, 9.17) is 4.98 Å². The quantitative estimate of drug-likeness (QED) is 0.907. The third kappa shape index (κ3) is 3.78. The third-order valence-electron chi connectivity index (χ3n) is 4.82. The molecule has 2 atom stereocenters. The molecule has 0 amide bonds. The molecule has 1 aliphatic heterocycles. The van der Waals surface area contributed by atoms with Crippen molar-refractivity contribution in [3.8, 4) is 0 Å². The molecule has 0 spiro atoms. The monoisotopic (exact) mass is 307 g/mol. The van der Waals surface area contributed by atoms with E-state index in [1.807, 2.05) is 11.3 Å². The summed E-state index contributed by atoms with van der Waals surface area (Å²) in [4.78, 5) is 8.72. The van der Waals surface area contributed by atoms with E-state index < -0.39 is 0 Å². The van der Waals surface area contributed by atoms with Crippen molar-refractivity contribution in [2.75, 3.05) is 11.4 Å². The molecule has 1 saturated carbocycles. The normalized spacial score (nSPS) is 26.7. The minimum Gasteiger partial charge on any atom is -0.345 e. The van der Waals surface area contributed by atoms with Crippen molar-refractivity contribution < 1.29 is 0 Å². The maximum atomic E-state index is 4.74. The van der Waals surface area contributed by atoms with Crippen LogP contribution >= 0.6 is 11.3 Å². The molecule has 0 unspecified atom stereocenters. The Bertz CT molecular complexity index is 461. The van der Waals surface area contributed by atoms with Crippen LogP contribution in [0, 0.1) is 5.92 Å². The molecule has 3 nitrogen and oxygen atoms in total. The molecule has 1 aromatic rings. The van der Waals surface area contributed by atoms with E-state index in [-0.39, 0.29) is 5.54 Å². The fourth-order valence-electron chi connectivity index (χ4n) is 3.73. The van der Waals surface area contributed by atoms with Crippen molar-refractivity contribution in [1.82, 2.24) is 10.3 Å². The van der Waals surface area contributed by atoms with Gasteiger partial charge in [0.25, 0.3) is 0 Å². The Morgan fingerprint density at radius 3 is 2.81 bits per heavy atom. The summed E-state index contributed by atoms with van der Waals surface area (Å²) in [6.45, 7) is 8.79. The Labute approximate surface area is 133 Å². The predicted octanol–water partition coefficient (Wildman–Crippen LogP) is 4.19. The summed E-state index contributed by atoms with van der Waals surface area (Å²) in [6, 6.07) is 0.766. The SMILES string of the molecule is CC(C)(C)NCc1cnc(N2CCC[C@H]3CCCC[C@H]32)s1. The molecule has 1 N–H and O–H groups in total. The molecule has 118 valence electrons. The maximum absolute atomic E-state index is 4.74. The average molecular weight is 308 g/mol.